The summed E-state index contributed by atoms with van der Waals surface area (Å²) >= 11 is 0. The topological polar surface area (TPSA) is 69.0 Å². The van der Waals surface area contributed by atoms with Crippen LogP contribution in [0.15, 0.2) is 60.7 Å². The second-order valence-electron chi connectivity index (χ2n) is 6.65. The van der Waals surface area contributed by atoms with Gasteiger partial charge in [-0.05, 0) is 31.2 Å². The number of hydrogen-bond acceptors (Lipinski definition) is 2. The summed E-state index contributed by atoms with van der Waals surface area (Å²) in [5.41, 5.74) is 4.05. The van der Waals surface area contributed by atoms with Gasteiger partial charge in [0, 0.05) is 28.4 Å². The summed E-state index contributed by atoms with van der Waals surface area (Å²) in [7, 11) is 0. The molecule has 0 bridgehead atoms. The predicted octanol–water partition coefficient (Wildman–Crippen LogP) is 3.95. The van der Waals surface area contributed by atoms with E-state index < -0.39 is 0 Å². The Bertz CT molecular complexity index is 1100. The first-order valence-corrected chi connectivity index (χ1v) is 8.94. The molecule has 132 valence electrons. The highest BCUT2D eigenvalue weighted by molar-refractivity contribution is 6.48. The fourth-order valence-electron chi connectivity index (χ4n) is 3.78. The van der Waals surface area contributed by atoms with Crippen LogP contribution in [0.4, 0.5) is 0 Å². The number of rotatable bonds is 3. The Morgan fingerprint density at radius 2 is 1.19 bits per heavy atom. The van der Waals surface area contributed by atoms with Crippen LogP contribution in [0.5, 0.6) is 0 Å². The van der Waals surface area contributed by atoms with Gasteiger partial charge in [0.2, 0.25) is 0 Å². The number of aromatic amines is 2. The molecule has 2 N–H and O–H groups in total. The molecule has 4 aromatic rings. The number of amides is 2. The van der Waals surface area contributed by atoms with Crippen LogP contribution in [0.3, 0.4) is 0 Å². The lowest BCUT2D eigenvalue weighted by Crippen LogP contribution is -2.31. The van der Waals surface area contributed by atoms with Crippen LogP contribution in [-0.2, 0) is 9.59 Å². The molecule has 0 unspecified atom stereocenters. The fraction of sp³-hybridized carbons (Fsp3) is 0.0909. The second kappa shape index (κ2) is 5.71. The average Bonchev–Trinajstić information content (AvgIpc) is 3.34. The summed E-state index contributed by atoms with van der Waals surface area (Å²) < 4.78 is 0. The van der Waals surface area contributed by atoms with Crippen LogP contribution in [0.1, 0.15) is 18.3 Å². The molecule has 2 aromatic carbocycles. The maximum atomic E-state index is 13.0. The van der Waals surface area contributed by atoms with E-state index in [-0.39, 0.29) is 11.8 Å². The van der Waals surface area contributed by atoms with Crippen molar-refractivity contribution < 1.29 is 9.59 Å². The summed E-state index contributed by atoms with van der Waals surface area (Å²) in [5, 5.41) is 2.01. The number of carbonyl (C=O) groups excluding carboxylic acids is 2. The molecule has 1 aliphatic rings. The molecule has 0 aliphatic carbocycles. The van der Waals surface area contributed by atoms with E-state index in [0.29, 0.717) is 29.1 Å². The van der Waals surface area contributed by atoms with E-state index in [1.165, 1.54) is 4.90 Å². The SMILES string of the molecule is CCN1C(=O)C(c2cc3ccccc3[nH]2)=C(c2cc3ccccc3[nH]2)C1=O. The number of fused-ring (bicyclic) bond motifs is 2. The molecule has 1 aliphatic heterocycles. The third kappa shape index (κ3) is 2.25. The number of aromatic nitrogens is 2. The van der Waals surface area contributed by atoms with E-state index in [1.54, 1.807) is 0 Å². The maximum Gasteiger partial charge on any atom is 0.263 e. The van der Waals surface area contributed by atoms with Gasteiger partial charge in [-0.15, -0.1) is 0 Å². The van der Waals surface area contributed by atoms with Crippen LogP contribution in [0, 0.1) is 0 Å². The highest BCUT2D eigenvalue weighted by atomic mass is 16.2. The van der Waals surface area contributed by atoms with Gasteiger partial charge in [-0.3, -0.25) is 14.5 Å². The van der Waals surface area contributed by atoms with Gasteiger partial charge in [-0.1, -0.05) is 36.4 Å². The van der Waals surface area contributed by atoms with Gasteiger partial charge in [0.05, 0.1) is 22.5 Å². The fourth-order valence-corrected chi connectivity index (χ4v) is 3.78. The Balaban J connectivity index is 1.78. The average molecular weight is 355 g/mol. The Morgan fingerprint density at radius 3 is 1.59 bits per heavy atom. The molecule has 27 heavy (non-hydrogen) atoms. The van der Waals surface area contributed by atoms with Crippen molar-refractivity contribution >= 4 is 44.8 Å². The largest absolute Gasteiger partial charge is 0.354 e. The number of imide groups is 1. The number of hydrogen-bond donors (Lipinski definition) is 2. The predicted molar refractivity (Wildman–Crippen MR) is 106 cm³/mol. The Labute approximate surface area is 155 Å². The molecule has 0 spiro atoms. The molecule has 0 radical (unpaired) electrons. The molecule has 0 saturated carbocycles. The highest BCUT2D eigenvalue weighted by Gasteiger charge is 2.39. The molecule has 0 atom stereocenters. The van der Waals surface area contributed by atoms with Crippen molar-refractivity contribution in [3.05, 3.63) is 72.1 Å². The third-order valence-corrected chi connectivity index (χ3v) is 5.08. The van der Waals surface area contributed by atoms with Crippen molar-refractivity contribution in [1.82, 2.24) is 14.9 Å². The van der Waals surface area contributed by atoms with E-state index in [4.69, 9.17) is 0 Å². The number of H-pyrrole nitrogens is 2. The summed E-state index contributed by atoms with van der Waals surface area (Å²) in [6.07, 6.45) is 0. The van der Waals surface area contributed by atoms with Crippen molar-refractivity contribution in [1.29, 1.82) is 0 Å². The lowest BCUT2D eigenvalue weighted by Gasteiger charge is -2.11. The Kier molecular flexibility index (Phi) is 3.31. The van der Waals surface area contributed by atoms with Gasteiger partial charge >= 0.3 is 0 Å². The quantitative estimate of drug-likeness (QED) is 0.546. The summed E-state index contributed by atoms with van der Waals surface area (Å²) in [5.74, 6) is -0.523. The number of likely N-dealkylation sites (N-methyl/N-ethyl adjacent to an activating group) is 1. The lowest BCUT2D eigenvalue weighted by molar-refractivity contribution is -0.135. The number of nitrogens with zero attached hydrogens (tertiary/aromatic N) is 1. The summed E-state index contributed by atoms with van der Waals surface area (Å²) in [6, 6.07) is 19.5. The zero-order valence-corrected chi connectivity index (χ0v) is 14.7. The number of benzene rings is 2. The first kappa shape index (κ1) is 15.6. The minimum absolute atomic E-state index is 0.261. The van der Waals surface area contributed by atoms with Crippen LogP contribution in [-0.4, -0.2) is 33.2 Å². The van der Waals surface area contributed by atoms with Crippen molar-refractivity contribution in [2.45, 2.75) is 6.92 Å². The normalized spacial score (nSPS) is 14.9. The number of nitrogens with one attached hydrogen (secondary N) is 2. The molecule has 0 saturated heterocycles. The van der Waals surface area contributed by atoms with Crippen molar-refractivity contribution in [2.24, 2.45) is 0 Å². The van der Waals surface area contributed by atoms with Crippen LogP contribution in [0.2, 0.25) is 0 Å². The maximum absolute atomic E-state index is 13.0. The van der Waals surface area contributed by atoms with E-state index in [0.717, 1.165) is 21.8 Å². The van der Waals surface area contributed by atoms with Gasteiger partial charge < -0.3 is 9.97 Å². The summed E-state index contributed by atoms with van der Waals surface area (Å²) in [4.78, 5) is 34.0. The number of para-hydroxylation sites is 2. The van der Waals surface area contributed by atoms with Gasteiger partial charge in [-0.2, -0.15) is 0 Å². The summed E-state index contributed by atoms with van der Waals surface area (Å²) in [6.45, 7) is 2.15. The molecule has 0 fully saturated rings. The molecule has 5 rings (SSSR count). The van der Waals surface area contributed by atoms with Crippen molar-refractivity contribution in [3.63, 3.8) is 0 Å². The third-order valence-electron chi connectivity index (χ3n) is 5.08. The van der Waals surface area contributed by atoms with E-state index in [9.17, 15) is 9.59 Å². The monoisotopic (exact) mass is 355 g/mol. The Morgan fingerprint density at radius 1 is 0.741 bits per heavy atom. The van der Waals surface area contributed by atoms with Crippen molar-refractivity contribution in [2.75, 3.05) is 6.54 Å². The van der Waals surface area contributed by atoms with Crippen molar-refractivity contribution in [3.8, 4) is 0 Å². The van der Waals surface area contributed by atoms with Gasteiger partial charge in [0.25, 0.3) is 11.8 Å². The zero-order valence-electron chi connectivity index (χ0n) is 14.7. The first-order valence-electron chi connectivity index (χ1n) is 8.94. The highest BCUT2D eigenvalue weighted by Crippen LogP contribution is 2.36. The van der Waals surface area contributed by atoms with Gasteiger partial charge in [0.1, 0.15) is 0 Å². The smallest absolute Gasteiger partial charge is 0.263 e. The van der Waals surface area contributed by atoms with Crippen LogP contribution < -0.4 is 0 Å². The standard InChI is InChI=1S/C22H17N3O2/c1-2-25-21(26)19(17-11-13-7-3-5-9-15(13)23-17)20(22(25)27)18-12-14-8-4-6-10-16(14)24-18/h3-12,23-24H,2H2,1H3. The Hall–Kier alpha value is -3.60. The molecule has 3 heterocycles. The van der Waals surface area contributed by atoms with E-state index in [2.05, 4.69) is 9.97 Å². The lowest BCUT2D eigenvalue weighted by atomic mass is 10.0. The van der Waals surface area contributed by atoms with Crippen LogP contribution in [0.25, 0.3) is 33.0 Å². The molecule has 2 amide bonds. The molecular weight excluding hydrogens is 338 g/mol. The van der Waals surface area contributed by atoms with E-state index >= 15 is 0 Å². The molecule has 5 nitrogen and oxygen atoms in total. The van der Waals surface area contributed by atoms with E-state index in [1.807, 2.05) is 67.6 Å². The van der Waals surface area contributed by atoms with Gasteiger partial charge in [-0.25, -0.2) is 0 Å². The first-order chi connectivity index (χ1) is 13.2. The minimum atomic E-state index is -0.261. The molecule has 2 aromatic heterocycles. The molecule has 5 heteroatoms. The van der Waals surface area contributed by atoms with Gasteiger partial charge in [0.15, 0.2) is 0 Å². The second-order valence-corrected chi connectivity index (χ2v) is 6.65. The minimum Gasteiger partial charge on any atom is -0.354 e. The molecular formula is C22H17N3O2. The zero-order chi connectivity index (χ0) is 18.5. The number of carbonyl (C=O) groups is 2. The van der Waals surface area contributed by atoms with Crippen LogP contribution >= 0.6 is 0 Å².